The van der Waals surface area contributed by atoms with Crippen LogP contribution in [0.5, 0.6) is 0 Å². The number of rotatable bonds is 1. The van der Waals surface area contributed by atoms with E-state index in [1.165, 1.54) is 0 Å². The third kappa shape index (κ3) is 361. The number of hydrogen-bond acceptors (Lipinski definition) is 4. The molecule has 0 aliphatic heterocycles. The van der Waals surface area contributed by atoms with Crippen molar-refractivity contribution in [3.05, 3.63) is 0 Å². The zero-order valence-electron chi connectivity index (χ0n) is 7.35. The third-order valence-electron chi connectivity index (χ3n) is 0.175. The molecular formula is C6H14KNO6. The molecule has 8 heteroatoms. The van der Waals surface area contributed by atoms with Crippen LogP contribution in [0.4, 0.5) is 0 Å². The topological polar surface area (TPSA) is 138 Å². The Hall–Kier alpha value is 0.00636. The molecule has 0 unspecified atom stereocenters. The first-order valence-corrected chi connectivity index (χ1v) is 3.04. The number of nitrogens with two attached hydrogens (primary N) is 1. The van der Waals surface area contributed by atoms with Crippen molar-refractivity contribution < 1.29 is 29.7 Å². The molecule has 0 bridgehead atoms. The van der Waals surface area contributed by atoms with E-state index in [0.717, 1.165) is 13.8 Å². The first kappa shape index (κ1) is 23.7. The molecule has 14 heavy (non-hydrogen) atoms. The fraction of sp³-hybridized carbons (Fsp3) is 0.500. The molecule has 0 aliphatic rings. The Morgan fingerprint density at radius 1 is 1.00 bits per heavy atom. The van der Waals surface area contributed by atoms with Gasteiger partial charge in [0.2, 0.25) is 0 Å². The molecule has 0 aromatic rings. The van der Waals surface area contributed by atoms with E-state index in [1.54, 1.807) is 0 Å². The molecule has 0 aliphatic carbocycles. The van der Waals surface area contributed by atoms with Crippen molar-refractivity contribution in [1.29, 1.82) is 0 Å². The summed E-state index contributed by atoms with van der Waals surface area (Å²) in [5, 5.41) is 22.4. The number of aliphatic carboxylic acids is 3. The van der Waals surface area contributed by atoms with Crippen molar-refractivity contribution in [2.24, 2.45) is 5.73 Å². The van der Waals surface area contributed by atoms with Crippen molar-refractivity contribution in [2.75, 3.05) is 6.54 Å². The van der Waals surface area contributed by atoms with Crippen molar-refractivity contribution in [3.63, 3.8) is 0 Å². The zero-order chi connectivity index (χ0) is 11.4. The van der Waals surface area contributed by atoms with Crippen LogP contribution in [-0.4, -0.2) is 91.2 Å². The van der Waals surface area contributed by atoms with Crippen molar-refractivity contribution >= 4 is 69.3 Å². The SMILES string of the molecule is CC(=O)O.CC(=O)O.NCC(=O)O.[KH]. The van der Waals surface area contributed by atoms with Gasteiger partial charge in [-0.1, -0.05) is 0 Å². The second-order valence-corrected chi connectivity index (χ2v) is 1.64. The predicted octanol–water partition coefficient (Wildman–Crippen LogP) is -1.44. The number of carboxylic acid groups (broad SMARTS) is 3. The molecule has 0 aromatic heterocycles. The van der Waals surface area contributed by atoms with E-state index in [4.69, 9.17) is 24.9 Å². The molecule has 0 saturated carbocycles. The van der Waals surface area contributed by atoms with Gasteiger partial charge in [-0.15, -0.1) is 0 Å². The van der Waals surface area contributed by atoms with Crippen molar-refractivity contribution in [1.82, 2.24) is 0 Å². The van der Waals surface area contributed by atoms with E-state index in [1.807, 2.05) is 0 Å². The Labute approximate surface area is 124 Å². The van der Waals surface area contributed by atoms with Gasteiger partial charge in [-0.3, -0.25) is 14.4 Å². The van der Waals surface area contributed by atoms with E-state index in [-0.39, 0.29) is 57.9 Å². The number of carbonyl (C=O) groups is 3. The van der Waals surface area contributed by atoms with Gasteiger partial charge in [-0.05, 0) is 0 Å². The number of hydrogen-bond donors (Lipinski definition) is 4. The Morgan fingerprint density at radius 2 is 1.07 bits per heavy atom. The molecule has 80 valence electrons. The maximum atomic E-state index is 9.24. The summed E-state index contributed by atoms with van der Waals surface area (Å²) >= 11 is 0. The van der Waals surface area contributed by atoms with Crippen LogP contribution in [0.3, 0.4) is 0 Å². The molecule has 5 N–H and O–H groups in total. The van der Waals surface area contributed by atoms with Crippen molar-refractivity contribution in [3.8, 4) is 0 Å². The van der Waals surface area contributed by atoms with Gasteiger partial charge in [0.25, 0.3) is 11.9 Å². The van der Waals surface area contributed by atoms with E-state index < -0.39 is 17.9 Å². The first-order chi connectivity index (χ1) is 5.73. The Kier molecular flexibility index (Phi) is 31.7. The van der Waals surface area contributed by atoms with Crippen LogP contribution in [-0.2, 0) is 14.4 Å². The van der Waals surface area contributed by atoms with Crippen LogP contribution in [0.1, 0.15) is 13.8 Å². The van der Waals surface area contributed by atoms with Gasteiger partial charge >= 0.3 is 57.4 Å². The molecule has 0 fully saturated rings. The second kappa shape index (κ2) is 18.7. The fourth-order valence-electron chi connectivity index (χ4n) is 0. The van der Waals surface area contributed by atoms with E-state index in [9.17, 15) is 4.79 Å². The summed E-state index contributed by atoms with van der Waals surface area (Å²) < 4.78 is 0. The molecule has 0 rings (SSSR count). The molecule has 0 atom stereocenters. The monoisotopic (exact) mass is 235 g/mol. The normalized spacial score (nSPS) is 6.21. The molecule has 0 saturated heterocycles. The predicted molar refractivity (Wildman–Crippen MR) is 50.5 cm³/mol. The van der Waals surface area contributed by atoms with Gasteiger partial charge in [0.05, 0.1) is 6.54 Å². The average Bonchev–Trinajstić information content (AvgIpc) is 1.84. The zero-order valence-corrected chi connectivity index (χ0v) is 7.35. The summed E-state index contributed by atoms with van der Waals surface area (Å²) in [5.74, 6) is -2.63. The third-order valence-corrected chi connectivity index (χ3v) is 0.175. The van der Waals surface area contributed by atoms with Crippen LogP contribution >= 0.6 is 0 Å². The summed E-state index contributed by atoms with van der Waals surface area (Å²) in [6.45, 7) is 1.89. The molecule has 0 aromatic carbocycles. The van der Waals surface area contributed by atoms with Crippen LogP contribution in [0.15, 0.2) is 0 Å². The summed E-state index contributed by atoms with van der Waals surface area (Å²) in [6.07, 6.45) is 0. The molecular weight excluding hydrogens is 221 g/mol. The van der Waals surface area contributed by atoms with E-state index in [0.29, 0.717) is 0 Å². The fourth-order valence-corrected chi connectivity index (χ4v) is 0. The maximum absolute atomic E-state index is 9.24. The Morgan fingerprint density at radius 3 is 1.07 bits per heavy atom. The minimum atomic E-state index is -0.968. The van der Waals surface area contributed by atoms with Crippen molar-refractivity contribution in [2.45, 2.75) is 13.8 Å². The molecule has 0 spiro atoms. The summed E-state index contributed by atoms with van der Waals surface area (Å²) in [7, 11) is 0. The first-order valence-electron chi connectivity index (χ1n) is 3.04. The van der Waals surface area contributed by atoms with Crippen LogP contribution in [0, 0.1) is 0 Å². The van der Waals surface area contributed by atoms with Crippen LogP contribution in [0.2, 0.25) is 0 Å². The van der Waals surface area contributed by atoms with Gasteiger partial charge < -0.3 is 21.1 Å². The van der Waals surface area contributed by atoms with Gasteiger partial charge in [0, 0.05) is 13.8 Å². The molecule has 0 radical (unpaired) electrons. The standard InChI is InChI=1S/C2H5NO2.2C2H4O2.K.H/c3-1-2(4)5;2*1-2(3)4;;/h1,3H2,(H,4,5);2*1H3,(H,3,4);;. The van der Waals surface area contributed by atoms with Gasteiger partial charge in [0.1, 0.15) is 0 Å². The van der Waals surface area contributed by atoms with Crippen LogP contribution < -0.4 is 5.73 Å². The summed E-state index contributed by atoms with van der Waals surface area (Å²) in [5.41, 5.74) is 4.57. The van der Waals surface area contributed by atoms with Gasteiger partial charge in [0.15, 0.2) is 0 Å². The molecule has 0 heterocycles. The molecule has 7 nitrogen and oxygen atoms in total. The Bertz CT molecular complexity index is 152. The second-order valence-electron chi connectivity index (χ2n) is 1.64. The Balaban J connectivity index is -0.0000000522. The van der Waals surface area contributed by atoms with E-state index >= 15 is 0 Å². The van der Waals surface area contributed by atoms with Gasteiger partial charge in [-0.25, -0.2) is 0 Å². The van der Waals surface area contributed by atoms with E-state index in [2.05, 4.69) is 5.73 Å². The summed E-state index contributed by atoms with van der Waals surface area (Å²) in [6, 6.07) is 0. The summed E-state index contributed by atoms with van der Waals surface area (Å²) in [4.78, 5) is 27.2. The molecule has 0 amide bonds. The van der Waals surface area contributed by atoms with Gasteiger partial charge in [-0.2, -0.15) is 0 Å². The average molecular weight is 235 g/mol. The minimum absolute atomic E-state index is 0. The van der Waals surface area contributed by atoms with Crippen LogP contribution in [0.25, 0.3) is 0 Å². The quantitative estimate of drug-likeness (QED) is 0.408. The number of carboxylic acids is 3.